The van der Waals surface area contributed by atoms with Gasteiger partial charge < -0.3 is 5.11 Å². The van der Waals surface area contributed by atoms with Gasteiger partial charge in [0.1, 0.15) is 11.0 Å². The van der Waals surface area contributed by atoms with Crippen molar-refractivity contribution in [2.75, 3.05) is 0 Å². The molecule has 2 aliphatic carbocycles. The maximum Gasteiger partial charge on any atom is 0.408 e. The summed E-state index contributed by atoms with van der Waals surface area (Å²) >= 11 is 6.60. The zero-order valence-corrected chi connectivity index (χ0v) is 18.6. The smallest absolute Gasteiger partial charge is 0.408 e. The van der Waals surface area contributed by atoms with Gasteiger partial charge in [0.05, 0.1) is 5.54 Å². The average molecular weight is 428 g/mol. The molecule has 2 aliphatic rings. The molecule has 0 radical (unpaired) electrons. The molecule has 1 fully saturated rings. The van der Waals surface area contributed by atoms with E-state index in [9.17, 15) is 9.90 Å². The van der Waals surface area contributed by atoms with Crippen LogP contribution in [0.1, 0.15) is 68.6 Å². The average Bonchev–Trinajstić information content (AvgIpc) is 3.16. The minimum Gasteiger partial charge on any atom is -0.465 e. The Morgan fingerprint density at radius 2 is 1.83 bits per heavy atom. The van der Waals surface area contributed by atoms with Crippen LogP contribution in [0, 0.1) is 5.41 Å². The monoisotopic (exact) mass is 427 g/mol. The predicted molar refractivity (Wildman–Crippen MR) is 118 cm³/mol. The van der Waals surface area contributed by atoms with E-state index in [2.05, 4.69) is 18.8 Å². The highest BCUT2D eigenvalue weighted by atomic mass is 35.5. The number of halogens is 1. The number of carbonyl (C=O) groups is 1. The molecule has 0 saturated heterocycles. The summed E-state index contributed by atoms with van der Waals surface area (Å²) in [6, 6.07) is 9.80. The van der Waals surface area contributed by atoms with E-state index in [4.69, 9.17) is 16.6 Å². The number of carboxylic acid groups (broad SMARTS) is 1. The normalized spacial score (nSPS) is 19.3. The van der Waals surface area contributed by atoms with E-state index < -0.39 is 11.6 Å². The van der Waals surface area contributed by atoms with Crippen LogP contribution in [-0.4, -0.2) is 31.6 Å². The van der Waals surface area contributed by atoms with Crippen molar-refractivity contribution >= 4 is 17.7 Å². The van der Waals surface area contributed by atoms with Gasteiger partial charge in [-0.25, -0.2) is 14.8 Å². The molecule has 2 aromatic rings. The highest BCUT2D eigenvalue weighted by Crippen LogP contribution is 2.40. The summed E-state index contributed by atoms with van der Waals surface area (Å²) in [4.78, 5) is 23.5. The van der Waals surface area contributed by atoms with Crippen molar-refractivity contribution in [2.45, 2.75) is 77.3 Å². The Hall–Kier alpha value is -2.14. The van der Waals surface area contributed by atoms with Gasteiger partial charge in [0.25, 0.3) is 0 Å². The van der Waals surface area contributed by atoms with E-state index in [0.717, 1.165) is 61.8 Å². The molecule has 0 atom stereocenters. The Labute approximate surface area is 183 Å². The zero-order chi connectivity index (χ0) is 21.4. The van der Waals surface area contributed by atoms with Gasteiger partial charge in [-0.05, 0) is 43.1 Å². The molecule has 1 N–H and O–H groups in total. The van der Waals surface area contributed by atoms with Gasteiger partial charge >= 0.3 is 6.09 Å². The van der Waals surface area contributed by atoms with E-state index >= 15 is 0 Å². The molecule has 5 nitrogen and oxygen atoms in total. The lowest BCUT2D eigenvalue weighted by atomic mass is 9.76. The van der Waals surface area contributed by atoms with Crippen LogP contribution in [0.5, 0.6) is 0 Å². The van der Waals surface area contributed by atoms with E-state index in [1.807, 2.05) is 30.3 Å². The number of rotatable bonds is 5. The molecular formula is C24H30ClN3O2. The SMILES string of the molecule is CC1(C)CCc2nc(CC3(N(Cc4ccccc4)C(=O)O)CCCC3)nc(Cl)c2C1. The van der Waals surface area contributed by atoms with E-state index in [0.29, 0.717) is 23.9 Å². The molecular weight excluding hydrogens is 398 g/mol. The van der Waals surface area contributed by atoms with Gasteiger partial charge in [0, 0.05) is 24.2 Å². The number of aryl methyl sites for hydroxylation is 1. The number of nitrogens with zero attached hydrogens (tertiary/aromatic N) is 3. The van der Waals surface area contributed by atoms with Crippen LogP contribution in [0.15, 0.2) is 30.3 Å². The maximum atomic E-state index is 12.3. The van der Waals surface area contributed by atoms with Crippen LogP contribution in [0.3, 0.4) is 0 Å². The van der Waals surface area contributed by atoms with Gasteiger partial charge in [-0.15, -0.1) is 0 Å². The van der Waals surface area contributed by atoms with Crippen LogP contribution in [0.25, 0.3) is 0 Å². The Morgan fingerprint density at radius 1 is 1.13 bits per heavy atom. The number of aromatic nitrogens is 2. The summed E-state index contributed by atoms with van der Waals surface area (Å²) in [7, 11) is 0. The number of benzene rings is 1. The van der Waals surface area contributed by atoms with Crippen molar-refractivity contribution in [1.82, 2.24) is 14.9 Å². The standard InChI is InChI=1S/C24H30ClN3O2/c1-23(2)13-10-19-18(14-23)21(25)27-20(26-19)15-24(11-6-7-12-24)28(22(29)30)16-17-8-4-3-5-9-17/h3-5,8-9H,6-7,10-16H2,1-2H3,(H,29,30). The predicted octanol–water partition coefficient (Wildman–Crippen LogP) is 5.68. The third-order valence-electron chi connectivity index (χ3n) is 6.79. The van der Waals surface area contributed by atoms with Crippen LogP contribution in [-0.2, 0) is 25.8 Å². The van der Waals surface area contributed by atoms with Gasteiger partial charge in [-0.2, -0.15) is 0 Å². The molecule has 0 bridgehead atoms. The molecule has 0 unspecified atom stereocenters. The third-order valence-corrected chi connectivity index (χ3v) is 7.10. The minimum absolute atomic E-state index is 0.212. The lowest BCUT2D eigenvalue weighted by Gasteiger charge is -2.39. The lowest BCUT2D eigenvalue weighted by molar-refractivity contribution is 0.0700. The Kier molecular flexibility index (Phi) is 5.75. The Morgan fingerprint density at radius 3 is 2.50 bits per heavy atom. The van der Waals surface area contributed by atoms with Crippen molar-refractivity contribution in [3.05, 3.63) is 58.1 Å². The Bertz CT molecular complexity index is 924. The summed E-state index contributed by atoms with van der Waals surface area (Å²) < 4.78 is 0. The molecule has 1 heterocycles. The largest absolute Gasteiger partial charge is 0.465 e. The molecule has 0 aliphatic heterocycles. The molecule has 160 valence electrons. The topological polar surface area (TPSA) is 66.3 Å². The number of hydrogen-bond donors (Lipinski definition) is 1. The first-order chi connectivity index (χ1) is 14.3. The fourth-order valence-corrected chi connectivity index (χ4v) is 5.38. The Balaban J connectivity index is 1.64. The van der Waals surface area contributed by atoms with Crippen LogP contribution in [0.2, 0.25) is 5.15 Å². The summed E-state index contributed by atoms with van der Waals surface area (Å²) in [5.41, 5.74) is 2.84. The molecule has 1 aromatic carbocycles. The molecule has 1 aromatic heterocycles. The maximum absolute atomic E-state index is 12.3. The number of fused-ring (bicyclic) bond motifs is 1. The summed E-state index contributed by atoms with van der Waals surface area (Å²) in [5.74, 6) is 0.680. The first-order valence-corrected chi connectivity index (χ1v) is 11.2. The molecule has 1 amide bonds. The molecule has 30 heavy (non-hydrogen) atoms. The highest BCUT2D eigenvalue weighted by molar-refractivity contribution is 6.30. The summed E-state index contributed by atoms with van der Waals surface area (Å²) in [6.07, 6.45) is 6.20. The highest BCUT2D eigenvalue weighted by Gasteiger charge is 2.43. The van der Waals surface area contributed by atoms with Crippen LogP contribution in [0.4, 0.5) is 4.79 Å². The van der Waals surface area contributed by atoms with Crippen molar-refractivity contribution < 1.29 is 9.90 Å². The molecule has 6 heteroatoms. The van der Waals surface area contributed by atoms with Gasteiger partial charge in [-0.3, -0.25) is 4.90 Å². The molecule has 4 rings (SSSR count). The van der Waals surface area contributed by atoms with Crippen molar-refractivity contribution in [2.24, 2.45) is 5.41 Å². The van der Waals surface area contributed by atoms with E-state index in [1.165, 1.54) is 0 Å². The van der Waals surface area contributed by atoms with Crippen LogP contribution >= 0.6 is 11.6 Å². The van der Waals surface area contributed by atoms with Crippen molar-refractivity contribution in [3.8, 4) is 0 Å². The molecule has 1 saturated carbocycles. The third kappa shape index (κ3) is 4.31. The summed E-state index contributed by atoms with van der Waals surface area (Å²) in [5, 5.41) is 10.6. The fraction of sp³-hybridized carbons (Fsp3) is 0.542. The second kappa shape index (κ2) is 8.18. The fourth-order valence-electron chi connectivity index (χ4n) is 5.11. The van der Waals surface area contributed by atoms with Gasteiger partial charge in [0.15, 0.2) is 0 Å². The summed E-state index contributed by atoms with van der Waals surface area (Å²) in [6.45, 7) is 4.88. The molecule has 0 spiro atoms. The van der Waals surface area contributed by atoms with Gasteiger partial charge in [0.2, 0.25) is 0 Å². The number of amides is 1. The van der Waals surface area contributed by atoms with E-state index in [1.54, 1.807) is 4.90 Å². The van der Waals surface area contributed by atoms with Crippen LogP contribution < -0.4 is 0 Å². The van der Waals surface area contributed by atoms with E-state index in [-0.39, 0.29) is 5.41 Å². The zero-order valence-electron chi connectivity index (χ0n) is 17.8. The van der Waals surface area contributed by atoms with Gasteiger partial charge in [-0.1, -0.05) is 68.6 Å². The van der Waals surface area contributed by atoms with Crippen molar-refractivity contribution in [1.29, 1.82) is 0 Å². The first kappa shape index (κ1) is 21.1. The quantitative estimate of drug-likeness (QED) is 0.623. The number of hydrogen-bond acceptors (Lipinski definition) is 3. The second-order valence-electron chi connectivity index (χ2n) is 9.66. The first-order valence-electron chi connectivity index (χ1n) is 10.9. The lowest BCUT2D eigenvalue weighted by Crippen LogP contribution is -2.51. The second-order valence-corrected chi connectivity index (χ2v) is 10.0. The minimum atomic E-state index is -0.883. The van der Waals surface area contributed by atoms with Crippen molar-refractivity contribution in [3.63, 3.8) is 0 Å².